The first-order chi connectivity index (χ1) is 29.8. The number of nitrogens with zero attached hydrogens (tertiary/aromatic N) is 2. The van der Waals surface area contributed by atoms with E-state index in [-0.39, 0.29) is 0 Å². The topological polar surface area (TPSA) is 20.2 Å². The summed E-state index contributed by atoms with van der Waals surface area (Å²) in [4.78, 5) is 0. The third kappa shape index (κ3) is 5.55. The molecule has 0 radical (unpaired) electrons. The van der Waals surface area contributed by atoms with Crippen LogP contribution in [0.5, 0.6) is 0 Å². The molecule has 0 atom stereocenters. The first-order valence-corrected chi connectivity index (χ1v) is 20.7. The zero-order chi connectivity index (χ0) is 39.6. The minimum absolute atomic E-state index is 0.749. The maximum Gasteiger partial charge on any atom is 0.0644 e. The smallest absolute Gasteiger partial charge is 0.0644 e. The van der Waals surface area contributed by atoms with Gasteiger partial charge >= 0.3 is 0 Å². The van der Waals surface area contributed by atoms with Crippen molar-refractivity contribution in [3.05, 3.63) is 224 Å². The zero-order valence-corrected chi connectivity index (χ0v) is 32.9. The molecule has 1 aliphatic heterocycles. The molecule has 0 bridgehead atoms. The van der Waals surface area contributed by atoms with Crippen molar-refractivity contribution >= 4 is 54.7 Å². The van der Waals surface area contributed by atoms with Crippen molar-refractivity contribution in [2.75, 3.05) is 5.01 Å². The first kappa shape index (κ1) is 34.3. The van der Waals surface area contributed by atoms with Gasteiger partial charge in [0.2, 0.25) is 0 Å². The molecule has 0 amide bonds. The van der Waals surface area contributed by atoms with Gasteiger partial charge in [-0.25, -0.2) is 5.43 Å². The highest BCUT2D eigenvalue weighted by Gasteiger charge is 2.26. The standard InChI is InChI=1S/C57H39N3/c1-5-17-38(18-6-1)42-31-43(39-19-7-2-8-20-39)33-44(32-42)47-26-15-16-28-52(47)59-53-30-29-49-50(40-21-9-3-10-22-40)34-41-23-13-14-27-48(41)56(49)57(53)51-35-45-37-58-60(54(45)36-55(51)59)46-24-11-4-12-25-46/h1-36,58H,37H2. The molecule has 1 N–H and O–H groups in total. The van der Waals surface area contributed by atoms with Crippen molar-refractivity contribution in [3.63, 3.8) is 0 Å². The van der Waals surface area contributed by atoms with Crippen LogP contribution in [0.15, 0.2) is 218 Å². The number of hydrogen-bond acceptors (Lipinski definition) is 2. The second kappa shape index (κ2) is 14.0. The summed E-state index contributed by atoms with van der Waals surface area (Å²) in [6.45, 7) is 0.749. The van der Waals surface area contributed by atoms with Crippen LogP contribution in [0.25, 0.3) is 93.5 Å². The molecule has 3 nitrogen and oxygen atoms in total. The molecule has 282 valence electrons. The Morgan fingerprint density at radius 2 is 0.950 bits per heavy atom. The highest BCUT2D eigenvalue weighted by atomic mass is 15.5. The molecule has 2 heterocycles. The van der Waals surface area contributed by atoms with Gasteiger partial charge in [-0.2, -0.15) is 0 Å². The lowest BCUT2D eigenvalue weighted by atomic mass is 9.90. The van der Waals surface area contributed by atoms with E-state index < -0.39 is 0 Å². The highest BCUT2D eigenvalue weighted by molar-refractivity contribution is 6.31. The van der Waals surface area contributed by atoms with E-state index >= 15 is 0 Å². The minimum atomic E-state index is 0.749. The molecule has 0 saturated carbocycles. The Bertz CT molecular complexity index is 3350. The van der Waals surface area contributed by atoms with Crippen LogP contribution in [0.3, 0.4) is 0 Å². The first-order valence-electron chi connectivity index (χ1n) is 20.7. The van der Waals surface area contributed by atoms with Gasteiger partial charge in [-0.15, -0.1) is 0 Å². The predicted octanol–water partition coefficient (Wildman–Crippen LogP) is 14.9. The number of aromatic nitrogens is 1. The van der Waals surface area contributed by atoms with Crippen molar-refractivity contribution in [3.8, 4) is 50.2 Å². The Kier molecular flexibility index (Phi) is 8.00. The van der Waals surface area contributed by atoms with Crippen LogP contribution in [0.2, 0.25) is 0 Å². The Balaban J connectivity index is 1.19. The lowest BCUT2D eigenvalue weighted by molar-refractivity contribution is 0.766. The molecule has 0 aliphatic carbocycles. The average Bonchev–Trinajstić information content (AvgIpc) is 3.89. The van der Waals surface area contributed by atoms with Gasteiger partial charge in [-0.05, 0) is 121 Å². The van der Waals surface area contributed by atoms with E-state index in [1.165, 1.54) is 99.1 Å². The normalized spacial score (nSPS) is 12.5. The van der Waals surface area contributed by atoms with Gasteiger partial charge in [0.15, 0.2) is 0 Å². The molecule has 0 fully saturated rings. The molecule has 1 aliphatic rings. The van der Waals surface area contributed by atoms with E-state index in [4.69, 9.17) is 0 Å². The number of nitrogens with one attached hydrogen (secondary N) is 1. The van der Waals surface area contributed by atoms with Crippen LogP contribution in [0.4, 0.5) is 11.4 Å². The van der Waals surface area contributed by atoms with Gasteiger partial charge in [0, 0.05) is 28.3 Å². The molecule has 12 rings (SSSR count). The summed E-state index contributed by atoms with van der Waals surface area (Å²) in [5, 5.41) is 9.81. The van der Waals surface area contributed by atoms with Gasteiger partial charge < -0.3 is 4.57 Å². The maximum absolute atomic E-state index is 3.71. The van der Waals surface area contributed by atoms with Gasteiger partial charge in [0.25, 0.3) is 0 Å². The zero-order valence-electron chi connectivity index (χ0n) is 32.9. The summed E-state index contributed by atoms with van der Waals surface area (Å²) in [5.41, 5.74) is 20.4. The predicted molar refractivity (Wildman–Crippen MR) is 253 cm³/mol. The molecular formula is C57H39N3. The molecule has 0 unspecified atom stereocenters. The summed E-state index contributed by atoms with van der Waals surface area (Å²) in [6, 6.07) is 79.9. The summed E-state index contributed by atoms with van der Waals surface area (Å²) in [7, 11) is 0. The molecular weight excluding hydrogens is 727 g/mol. The monoisotopic (exact) mass is 765 g/mol. The number of rotatable bonds is 6. The van der Waals surface area contributed by atoms with E-state index in [1.807, 2.05) is 0 Å². The fraction of sp³-hybridized carbons (Fsp3) is 0.0175. The van der Waals surface area contributed by atoms with E-state index in [0.717, 1.165) is 17.9 Å². The van der Waals surface area contributed by atoms with Crippen LogP contribution in [0.1, 0.15) is 5.56 Å². The van der Waals surface area contributed by atoms with Crippen molar-refractivity contribution in [1.82, 2.24) is 9.99 Å². The Hall–Kier alpha value is -7.72. The van der Waals surface area contributed by atoms with Gasteiger partial charge in [-0.1, -0.05) is 158 Å². The molecule has 60 heavy (non-hydrogen) atoms. The fourth-order valence-electron chi connectivity index (χ4n) is 9.59. The molecule has 3 heteroatoms. The summed E-state index contributed by atoms with van der Waals surface area (Å²) < 4.78 is 2.53. The highest BCUT2D eigenvalue weighted by Crippen LogP contribution is 2.47. The lowest BCUT2D eigenvalue weighted by Gasteiger charge is -2.20. The lowest BCUT2D eigenvalue weighted by Crippen LogP contribution is -2.26. The quantitative estimate of drug-likeness (QED) is 0.170. The third-order valence-electron chi connectivity index (χ3n) is 12.3. The number of anilines is 2. The SMILES string of the molecule is c1ccc(-c2cc(-c3ccccc3)cc(-c3ccccc3-n3c4cc5c(cc4c4c6c(ccc43)c(-c3ccccc3)cc3ccccc36)CNN5c3ccccc3)c2)cc1. The third-order valence-corrected chi connectivity index (χ3v) is 12.3. The molecule has 0 saturated heterocycles. The summed E-state index contributed by atoms with van der Waals surface area (Å²) in [6.07, 6.45) is 0. The van der Waals surface area contributed by atoms with E-state index in [0.29, 0.717) is 0 Å². The van der Waals surface area contributed by atoms with Crippen molar-refractivity contribution in [2.24, 2.45) is 0 Å². The Labute approximate surface area is 349 Å². The average molecular weight is 766 g/mol. The van der Waals surface area contributed by atoms with Crippen molar-refractivity contribution < 1.29 is 0 Å². The van der Waals surface area contributed by atoms with E-state index in [9.17, 15) is 0 Å². The Morgan fingerprint density at radius 1 is 0.350 bits per heavy atom. The number of para-hydroxylation sites is 2. The molecule has 0 spiro atoms. The maximum atomic E-state index is 3.71. The summed E-state index contributed by atoms with van der Waals surface area (Å²) in [5.74, 6) is 0. The van der Waals surface area contributed by atoms with Gasteiger partial charge in [0.1, 0.15) is 0 Å². The van der Waals surface area contributed by atoms with Crippen LogP contribution < -0.4 is 10.4 Å². The minimum Gasteiger partial charge on any atom is -0.309 e. The van der Waals surface area contributed by atoms with Crippen LogP contribution in [0, 0.1) is 0 Å². The van der Waals surface area contributed by atoms with Crippen LogP contribution >= 0.6 is 0 Å². The summed E-state index contributed by atoms with van der Waals surface area (Å²) >= 11 is 0. The number of hydrazine groups is 1. The Morgan fingerprint density at radius 3 is 1.67 bits per heavy atom. The van der Waals surface area contributed by atoms with Gasteiger partial charge in [0.05, 0.1) is 28.1 Å². The molecule has 1 aromatic heterocycles. The molecule has 10 aromatic carbocycles. The van der Waals surface area contributed by atoms with Crippen LogP contribution in [-0.2, 0) is 6.54 Å². The second-order valence-corrected chi connectivity index (χ2v) is 15.8. The molecule has 11 aromatic rings. The van der Waals surface area contributed by atoms with Crippen molar-refractivity contribution in [1.29, 1.82) is 0 Å². The largest absolute Gasteiger partial charge is 0.309 e. The van der Waals surface area contributed by atoms with E-state index in [2.05, 4.69) is 233 Å². The van der Waals surface area contributed by atoms with Crippen molar-refractivity contribution in [2.45, 2.75) is 6.54 Å². The van der Waals surface area contributed by atoms with Gasteiger partial charge in [-0.3, -0.25) is 5.01 Å². The van der Waals surface area contributed by atoms with E-state index in [1.54, 1.807) is 0 Å². The fourth-order valence-corrected chi connectivity index (χ4v) is 9.59. The number of hydrogen-bond donors (Lipinski definition) is 1. The van der Waals surface area contributed by atoms with Crippen LogP contribution in [-0.4, -0.2) is 4.57 Å². The second-order valence-electron chi connectivity index (χ2n) is 15.8. The number of benzene rings is 10. The number of fused-ring (bicyclic) bond motifs is 8.